The molecule has 0 spiro atoms. The van der Waals surface area contributed by atoms with Gasteiger partial charge in [-0.25, -0.2) is 0 Å². The number of hydrogen-bond acceptors (Lipinski definition) is 3. The van der Waals surface area contributed by atoms with Crippen LogP contribution in [0.4, 0.5) is 0 Å². The van der Waals surface area contributed by atoms with Crippen molar-refractivity contribution in [3.05, 3.63) is 0 Å². The molecule has 0 nitrogen and oxygen atoms in total. The summed E-state index contributed by atoms with van der Waals surface area (Å²) in [6.45, 7) is 14.5. The molecule has 0 aliphatic carbocycles. The van der Waals surface area contributed by atoms with Crippen LogP contribution < -0.4 is 0 Å². The Kier molecular flexibility index (Phi) is 17.9. The highest BCUT2D eigenvalue weighted by molar-refractivity contribution is 8.04. The van der Waals surface area contributed by atoms with E-state index in [0.29, 0.717) is 0 Å². The zero-order valence-corrected chi connectivity index (χ0v) is 23.7. The standard InChI is InChI=1S/C27H54S3/c1-7-13-14-17-25(16-8-2)30-27-21-20-24(11-5)28-22(9-3)18-15-19-23(10-4)29-26(27)12-6/h22-27H,7-21H2,1-6H3. The Hall–Kier alpha value is 1.05. The first-order valence-corrected chi connectivity index (χ1v) is 16.4. The van der Waals surface area contributed by atoms with Crippen molar-refractivity contribution in [2.75, 3.05) is 0 Å². The molecule has 1 heterocycles. The molecule has 0 saturated carbocycles. The summed E-state index contributed by atoms with van der Waals surface area (Å²) < 4.78 is 0. The normalized spacial score (nSPS) is 30.4. The third-order valence-corrected chi connectivity index (χ3v) is 12.7. The van der Waals surface area contributed by atoms with Crippen LogP contribution in [0.3, 0.4) is 0 Å². The molecular weight excluding hydrogens is 420 g/mol. The van der Waals surface area contributed by atoms with E-state index in [4.69, 9.17) is 0 Å². The van der Waals surface area contributed by atoms with Crippen LogP contribution in [0.1, 0.15) is 138 Å². The van der Waals surface area contributed by atoms with Crippen LogP contribution in [0.2, 0.25) is 0 Å². The van der Waals surface area contributed by atoms with Gasteiger partial charge >= 0.3 is 0 Å². The monoisotopic (exact) mass is 474 g/mol. The predicted molar refractivity (Wildman–Crippen MR) is 149 cm³/mol. The fourth-order valence-corrected chi connectivity index (χ4v) is 10.00. The lowest BCUT2D eigenvalue weighted by Crippen LogP contribution is -2.27. The van der Waals surface area contributed by atoms with Gasteiger partial charge in [-0.1, -0.05) is 73.6 Å². The summed E-state index contributed by atoms with van der Waals surface area (Å²) in [6, 6.07) is 0. The summed E-state index contributed by atoms with van der Waals surface area (Å²) in [7, 11) is 0. The van der Waals surface area contributed by atoms with Crippen LogP contribution in [0.15, 0.2) is 0 Å². The maximum Gasteiger partial charge on any atom is 0.0169 e. The van der Waals surface area contributed by atoms with Crippen LogP contribution in [-0.2, 0) is 0 Å². The molecule has 180 valence electrons. The van der Waals surface area contributed by atoms with E-state index in [2.05, 4.69) is 76.8 Å². The van der Waals surface area contributed by atoms with Gasteiger partial charge in [-0.15, -0.1) is 0 Å². The zero-order valence-electron chi connectivity index (χ0n) is 21.3. The summed E-state index contributed by atoms with van der Waals surface area (Å²) in [5, 5.41) is 5.27. The van der Waals surface area contributed by atoms with Gasteiger partial charge in [0.25, 0.3) is 0 Å². The molecular formula is C27H54S3. The average Bonchev–Trinajstić information content (AvgIpc) is 2.76. The van der Waals surface area contributed by atoms with Crippen molar-refractivity contribution >= 4 is 35.3 Å². The highest BCUT2D eigenvalue weighted by atomic mass is 32.2. The molecule has 6 unspecified atom stereocenters. The van der Waals surface area contributed by atoms with Gasteiger partial charge in [0, 0.05) is 31.5 Å². The zero-order chi connectivity index (χ0) is 22.2. The fourth-order valence-electron chi connectivity index (χ4n) is 4.81. The molecule has 0 radical (unpaired) electrons. The molecule has 1 saturated heterocycles. The molecule has 3 heteroatoms. The topological polar surface area (TPSA) is 0 Å². The first-order valence-electron chi connectivity index (χ1n) is 13.6. The van der Waals surface area contributed by atoms with Crippen LogP contribution in [-0.4, -0.2) is 31.5 Å². The predicted octanol–water partition coefficient (Wildman–Crippen LogP) is 10.4. The van der Waals surface area contributed by atoms with Crippen molar-refractivity contribution in [3.8, 4) is 0 Å². The Balaban J connectivity index is 2.93. The summed E-state index contributed by atoms with van der Waals surface area (Å²) in [5.74, 6) is 0. The van der Waals surface area contributed by atoms with E-state index < -0.39 is 0 Å². The summed E-state index contributed by atoms with van der Waals surface area (Å²) >= 11 is 7.17. The highest BCUT2D eigenvalue weighted by Gasteiger charge is 2.28. The minimum absolute atomic E-state index is 0.856. The van der Waals surface area contributed by atoms with Gasteiger partial charge in [0.15, 0.2) is 0 Å². The Morgan fingerprint density at radius 3 is 1.87 bits per heavy atom. The summed E-state index contributed by atoms with van der Waals surface area (Å²) in [5.41, 5.74) is 0. The first-order chi connectivity index (χ1) is 14.6. The van der Waals surface area contributed by atoms with Crippen LogP contribution in [0.5, 0.6) is 0 Å². The van der Waals surface area contributed by atoms with Gasteiger partial charge in [0.1, 0.15) is 0 Å². The Labute approximate surface area is 204 Å². The molecule has 1 aliphatic rings. The third kappa shape index (κ3) is 11.8. The minimum Gasteiger partial charge on any atom is -0.155 e. The van der Waals surface area contributed by atoms with E-state index in [1.807, 2.05) is 0 Å². The molecule has 1 fully saturated rings. The van der Waals surface area contributed by atoms with Gasteiger partial charge < -0.3 is 0 Å². The van der Waals surface area contributed by atoms with Crippen LogP contribution in [0.25, 0.3) is 0 Å². The molecule has 30 heavy (non-hydrogen) atoms. The van der Waals surface area contributed by atoms with Gasteiger partial charge in [-0.3, -0.25) is 0 Å². The van der Waals surface area contributed by atoms with Crippen LogP contribution in [0, 0.1) is 0 Å². The van der Waals surface area contributed by atoms with Crippen molar-refractivity contribution in [2.45, 2.75) is 169 Å². The quantitative estimate of drug-likeness (QED) is 0.258. The Bertz CT molecular complexity index is 384. The maximum absolute atomic E-state index is 2.47. The summed E-state index contributed by atoms with van der Waals surface area (Å²) in [4.78, 5) is 0. The second-order valence-electron chi connectivity index (χ2n) is 9.40. The van der Waals surface area contributed by atoms with Crippen molar-refractivity contribution in [1.82, 2.24) is 0 Å². The average molecular weight is 475 g/mol. The molecule has 0 N–H and O–H groups in total. The van der Waals surface area contributed by atoms with Crippen molar-refractivity contribution in [3.63, 3.8) is 0 Å². The molecule has 0 bridgehead atoms. The SMILES string of the molecule is CCCCCC(CCC)SC1CCC(CC)SC(CC)CCCC(CC)SC1CC. The Morgan fingerprint density at radius 1 is 0.667 bits per heavy atom. The van der Waals surface area contributed by atoms with Crippen molar-refractivity contribution in [2.24, 2.45) is 0 Å². The molecule has 0 aromatic heterocycles. The molecule has 1 aliphatic heterocycles. The second-order valence-corrected chi connectivity index (χ2v) is 14.1. The van der Waals surface area contributed by atoms with Gasteiger partial charge in [0.05, 0.1) is 0 Å². The molecule has 6 atom stereocenters. The van der Waals surface area contributed by atoms with E-state index in [-0.39, 0.29) is 0 Å². The van der Waals surface area contributed by atoms with Crippen molar-refractivity contribution in [1.29, 1.82) is 0 Å². The summed E-state index contributed by atoms with van der Waals surface area (Å²) in [6.07, 6.45) is 21.1. The minimum atomic E-state index is 0.856. The van der Waals surface area contributed by atoms with E-state index in [0.717, 1.165) is 31.5 Å². The lowest BCUT2D eigenvalue weighted by molar-refractivity contribution is 0.584. The molecule has 1 rings (SSSR count). The fraction of sp³-hybridized carbons (Fsp3) is 1.00. The largest absolute Gasteiger partial charge is 0.155 e. The number of rotatable bonds is 12. The first kappa shape index (κ1) is 29.1. The number of unbranched alkanes of at least 4 members (excludes halogenated alkanes) is 2. The van der Waals surface area contributed by atoms with Gasteiger partial charge in [-0.05, 0) is 64.2 Å². The number of thioether (sulfide) groups is 3. The van der Waals surface area contributed by atoms with Crippen molar-refractivity contribution < 1.29 is 0 Å². The van der Waals surface area contributed by atoms with Gasteiger partial charge in [0.2, 0.25) is 0 Å². The van der Waals surface area contributed by atoms with E-state index >= 15 is 0 Å². The number of hydrogen-bond donors (Lipinski definition) is 0. The lowest BCUT2D eigenvalue weighted by Gasteiger charge is -2.34. The van der Waals surface area contributed by atoms with Crippen LogP contribution >= 0.6 is 35.3 Å². The second kappa shape index (κ2) is 18.5. The lowest BCUT2D eigenvalue weighted by atomic mass is 10.1. The van der Waals surface area contributed by atoms with E-state index in [1.165, 1.54) is 96.3 Å². The molecule has 0 aromatic carbocycles. The van der Waals surface area contributed by atoms with E-state index in [1.54, 1.807) is 0 Å². The van der Waals surface area contributed by atoms with Gasteiger partial charge in [-0.2, -0.15) is 35.3 Å². The smallest absolute Gasteiger partial charge is 0.0169 e. The van der Waals surface area contributed by atoms with E-state index in [9.17, 15) is 0 Å². The third-order valence-electron chi connectivity index (χ3n) is 6.87. The Morgan fingerprint density at radius 2 is 1.30 bits per heavy atom. The highest BCUT2D eigenvalue weighted by Crippen LogP contribution is 2.41. The molecule has 0 aromatic rings. The maximum atomic E-state index is 2.47. The molecule has 0 amide bonds.